The SMILES string of the molecule is C=CC(=CC)NC(=O)c1ccccc1. The van der Waals surface area contributed by atoms with Crippen LogP contribution in [0.15, 0.2) is 54.8 Å². The van der Waals surface area contributed by atoms with Crippen molar-refractivity contribution in [2.45, 2.75) is 6.92 Å². The molecule has 0 saturated carbocycles. The molecular weight excluding hydrogens is 174 g/mol. The molecule has 1 amide bonds. The van der Waals surface area contributed by atoms with E-state index in [1.165, 1.54) is 0 Å². The monoisotopic (exact) mass is 187 g/mol. The molecule has 1 aromatic rings. The molecule has 0 unspecified atom stereocenters. The zero-order valence-electron chi connectivity index (χ0n) is 8.16. The van der Waals surface area contributed by atoms with Gasteiger partial charge in [0, 0.05) is 11.3 Å². The van der Waals surface area contributed by atoms with Crippen LogP contribution in [0.4, 0.5) is 0 Å². The first-order valence-corrected chi connectivity index (χ1v) is 4.43. The molecule has 0 fully saturated rings. The third kappa shape index (κ3) is 2.59. The second-order valence-corrected chi connectivity index (χ2v) is 2.77. The molecule has 0 aliphatic rings. The average molecular weight is 187 g/mol. The first-order chi connectivity index (χ1) is 6.77. The number of hydrogen-bond acceptors (Lipinski definition) is 1. The van der Waals surface area contributed by atoms with Gasteiger partial charge in [-0.25, -0.2) is 0 Å². The lowest BCUT2D eigenvalue weighted by Crippen LogP contribution is -2.21. The molecule has 0 bridgehead atoms. The number of nitrogens with one attached hydrogen (secondary N) is 1. The van der Waals surface area contributed by atoms with E-state index in [-0.39, 0.29) is 5.91 Å². The molecule has 2 heteroatoms. The summed E-state index contributed by atoms with van der Waals surface area (Å²) in [5.41, 5.74) is 1.37. The van der Waals surface area contributed by atoms with Crippen LogP contribution in [0.1, 0.15) is 17.3 Å². The fourth-order valence-electron chi connectivity index (χ4n) is 1.03. The summed E-state index contributed by atoms with van der Waals surface area (Å²) >= 11 is 0. The van der Waals surface area contributed by atoms with Crippen molar-refractivity contribution in [2.24, 2.45) is 0 Å². The van der Waals surface area contributed by atoms with Crippen LogP contribution < -0.4 is 5.32 Å². The summed E-state index contributed by atoms with van der Waals surface area (Å²) in [5, 5.41) is 2.74. The Morgan fingerprint density at radius 2 is 2.00 bits per heavy atom. The van der Waals surface area contributed by atoms with Crippen molar-refractivity contribution in [3.8, 4) is 0 Å². The van der Waals surface area contributed by atoms with Crippen molar-refractivity contribution in [3.63, 3.8) is 0 Å². The highest BCUT2D eigenvalue weighted by Gasteiger charge is 2.03. The van der Waals surface area contributed by atoms with Gasteiger partial charge in [0.25, 0.3) is 5.91 Å². The smallest absolute Gasteiger partial charge is 0.255 e. The lowest BCUT2D eigenvalue weighted by Gasteiger charge is -2.04. The third-order valence-corrected chi connectivity index (χ3v) is 1.82. The largest absolute Gasteiger partial charge is 0.322 e. The number of amides is 1. The van der Waals surface area contributed by atoms with Gasteiger partial charge in [0.2, 0.25) is 0 Å². The minimum absolute atomic E-state index is 0.112. The molecule has 72 valence electrons. The van der Waals surface area contributed by atoms with E-state index in [0.717, 1.165) is 5.70 Å². The number of benzene rings is 1. The topological polar surface area (TPSA) is 29.1 Å². The fraction of sp³-hybridized carbons (Fsp3) is 0.0833. The Kier molecular flexibility index (Phi) is 3.68. The van der Waals surface area contributed by atoms with Crippen molar-refractivity contribution < 1.29 is 4.79 Å². The summed E-state index contributed by atoms with van der Waals surface area (Å²) in [6, 6.07) is 9.08. The van der Waals surface area contributed by atoms with Gasteiger partial charge >= 0.3 is 0 Å². The fourth-order valence-corrected chi connectivity index (χ4v) is 1.03. The highest BCUT2D eigenvalue weighted by atomic mass is 16.1. The van der Waals surface area contributed by atoms with Crippen LogP contribution in [0.5, 0.6) is 0 Å². The van der Waals surface area contributed by atoms with Gasteiger partial charge in [0.1, 0.15) is 0 Å². The average Bonchev–Trinajstić information content (AvgIpc) is 2.26. The molecule has 0 radical (unpaired) electrons. The van der Waals surface area contributed by atoms with Gasteiger partial charge in [-0.2, -0.15) is 0 Å². The lowest BCUT2D eigenvalue weighted by atomic mass is 10.2. The van der Waals surface area contributed by atoms with E-state index in [9.17, 15) is 4.79 Å². The van der Waals surface area contributed by atoms with Crippen molar-refractivity contribution in [3.05, 3.63) is 60.3 Å². The van der Waals surface area contributed by atoms with Crippen LogP contribution in [-0.2, 0) is 0 Å². The number of hydrogen-bond donors (Lipinski definition) is 1. The third-order valence-electron chi connectivity index (χ3n) is 1.82. The van der Waals surface area contributed by atoms with E-state index in [0.29, 0.717) is 5.56 Å². The predicted octanol–water partition coefficient (Wildman–Crippen LogP) is 2.51. The maximum Gasteiger partial charge on any atom is 0.255 e. The Morgan fingerprint density at radius 3 is 2.50 bits per heavy atom. The number of carbonyl (C=O) groups excluding carboxylic acids is 1. The molecule has 2 nitrogen and oxygen atoms in total. The van der Waals surface area contributed by atoms with Crippen LogP contribution >= 0.6 is 0 Å². The van der Waals surface area contributed by atoms with Gasteiger partial charge in [0.15, 0.2) is 0 Å². The predicted molar refractivity (Wildman–Crippen MR) is 57.9 cm³/mol. The summed E-state index contributed by atoms with van der Waals surface area (Å²) < 4.78 is 0. The van der Waals surface area contributed by atoms with Crippen LogP contribution in [0, 0.1) is 0 Å². The molecule has 0 aromatic heterocycles. The van der Waals surface area contributed by atoms with Gasteiger partial charge in [-0.05, 0) is 25.1 Å². The summed E-state index contributed by atoms with van der Waals surface area (Å²) in [5.74, 6) is -0.112. The lowest BCUT2D eigenvalue weighted by molar-refractivity contribution is 0.0967. The Morgan fingerprint density at radius 1 is 1.36 bits per heavy atom. The van der Waals surface area contributed by atoms with Gasteiger partial charge in [-0.3, -0.25) is 4.79 Å². The Hall–Kier alpha value is -1.83. The van der Waals surface area contributed by atoms with Crippen molar-refractivity contribution >= 4 is 5.91 Å². The molecule has 1 aromatic carbocycles. The zero-order valence-corrected chi connectivity index (χ0v) is 8.16. The molecule has 0 atom stereocenters. The van der Waals surface area contributed by atoms with Crippen LogP contribution in [-0.4, -0.2) is 5.91 Å². The maximum atomic E-state index is 11.6. The van der Waals surface area contributed by atoms with Crippen LogP contribution in [0.25, 0.3) is 0 Å². The molecule has 0 spiro atoms. The van der Waals surface area contributed by atoms with E-state index in [4.69, 9.17) is 0 Å². The molecule has 1 rings (SSSR count). The number of rotatable bonds is 3. The summed E-state index contributed by atoms with van der Waals surface area (Å²) in [6.45, 7) is 5.45. The summed E-state index contributed by atoms with van der Waals surface area (Å²) in [7, 11) is 0. The Balaban J connectivity index is 2.73. The van der Waals surface area contributed by atoms with E-state index in [1.54, 1.807) is 24.3 Å². The van der Waals surface area contributed by atoms with Crippen LogP contribution in [0.2, 0.25) is 0 Å². The molecule has 0 aliphatic carbocycles. The molecule has 0 heterocycles. The number of carbonyl (C=O) groups is 1. The quantitative estimate of drug-likeness (QED) is 0.724. The normalized spacial score (nSPS) is 10.8. The molecular formula is C12H13NO. The minimum atomic E-state index is -0.112. The van der Waals surface area contributed by atoms with Crippen molar-refractivity contribution in [1.82, 2.24) is 5.32 Å². The highest BCUT2D eigenvalue weighted by Crippen LogP contribution is 2.00. The van der Waals surface area contributed by atoms with Gasteiger partial charge in [-0.15, -0.1) is 0 Å². The minimum Gasteiger partial charge on any atom is -0.322 e. The summed E-state index contributed by atoms with van der Waals surface area (Å²) in [6.07, 6.45) is 3.41. The van der Waals surface area contributed by atoms with Gasteiger partial charge in [-0.1, -0.05) is 30.9 Å². The van der Waals surface area contributed by atoms with E-state index >= 15 is 0 Å². The van der Waals surface area contributed by atoms with Crippen molar-refractivity contribution in [2.75, 3.05) is 0 Å². The van der Waals surface area contributed by atoms with E-state index < -0.39 is 0 Å². The first-order valence-electron chi connectivity index (χ1n) is 4.43. The molecule has 14 heavy (non-hydrogen) atoms. The second-order valence-electron chi connectivity index (χ2n) is 2.77. The number of allylic oxidation sites excluding steroid dienone is 2. The van der Waals surface area contributed by atoms with Crippen LogP contribution in [0.3, 0.4) is 0 Å². The molecule has 0 aliphatic heterocycles. The van der Waals surface area contributed by atoms with Crippen molar-refractivity contribution in [1.29, 1.82) is 0 Å². The standard InChI is InChI=1S/C12H13NO/c1-3-11(4-2)13-12(14)10-8-6-5-7-9-10/h3-9H,1H2,2H3,(H,13,14). The zero-order chi connectivity index (χ0) is 10.4. The first kappa shape index (κ1) is 10.3. The van der Waals surface area contributed by atoms with E-state index in [1.807, 2.05) is 25.1 Å². The highest BCUT2D eigenvalue weighted by molar-refractivity contribution is 5.95. The molecule has 0 saturated heterocycles. The second kappa shape index (κ2) is 5.02. The maximum absolute atomic E-state index is 11.6. The van der Waals surface area contributed by atoms with E-state index in [2.05, 4.69) is 11.9 Å². The van der Waals surface area contributed by atoms with Gasteiger partial charge in [0.05, 0.1) is 0 Å². The van der Waals surface area contributed by atoms with Gasteiger partial charge < -0.3 is 5.32 Å². The molecule has 1 N–H and O–H groups in total. The Bertz CT molecular complexity index is 352. The summed E-state index contributed by atoms with van der Waals surface area (Å²) in [4.78, 5) is 11.6. The Labute approximate surface area is 84.0 Å².